The first-order chi connectivity index (χ1) is 11.8. The third-order valence-corrected chi connectivity index (χ3v) is 4.29. The van der Waals surface area contributed by atoms with Crippen LogP contribution in [0.5, 0.6) is 0 Å². The van der Waals surface area contributed by atoms with Crippen molar-refractivity contribution in [1.29, 1.82) is 0 Å². The molecular formula is C19H22ClN3O2. The van der Waals surface area contributed by atoms with Crippen LogP contribution in [0.1, 0.15) is 38.4 Å². The summed E-state index contributed by atoms with van der Waals surface area (Å²) in [6.07, 6.45) is 1.76. The molecule has 3 rings (SSSR count). The van der Waals surface area contributed by atoms with Crippen molar-refractivity contribution in [2.75, 3.05) is 0 Å². The number of aryl methyl sites for hydroxylation is 1. The molecule has 6 heteroatoms. The van der Waals surface area contributed by atoms with E-state index in [1.165, 1.54) is 0 Å². The van der Waals surface area contributed by atoms with Crippen LogP contribution in [0.2, 0.25) is 5.15 Å². The van der Waals surface area contributed by atoms with E-state index in [-0.39, 0.29) is 6.04 Å². The highest BCUT2D eigenvalue weighted by molar-refractivity contribution is 6.30. The number of fused-ring (bicyclic) bond motifs is 1. The van der Waals surface area contributed by atoms with Gasteiger partial charge in [-0.2, -0.15) is 0 Å². The van der Waals surface area contributed by atoms with Crippen LogP contribution in [0.25, 0.3) is 11.4 Å². The molecule has 25 heavy (non-hydrogen) atoms. The second-order valence-electron chi connectivity index (χ2n) is 7.22. The lowest BCUT2D eigenvalue weighted by molar-refractivity contribution is 0.0500. The monoisotopic (exact) mass is 359 g/mol. The van der Waals surface area contributed by atoms with Gasteiger partial charge < -0.3 is 10.1 Å². The minimum Gasteiger partial charge on any atom is -0.444 e. The van der Waals surface area contributed by atoms with Crippen molar-refractivity contribution in [2.45, 2.75) is 51.7 Å². The van der Waals surface area contributed by atoms with E-state index < -0.39 is 11.7 Å². The fourth-order valence-corrected chi connectivity index (χ4v) is 3.15. The van der Waals surface area contributed by atoms with Gasteiger partial charge in [0.25, 0.3) is 0 Å². The topological polar surface area (TPSA) is 64.1 Å². The van der Waals surface area contributed by atoms with Crippen molar-refractivity contribution >= 4 is 17.7 Å². The van der Waals surface area contributed by atoms with Crippen LogP contribution in [0.3, 0.4) is 0 Å². The van der Waals surface area contributed by atoms with Gasteiger partial charge in [0.1, 0.15) is 10.8 Å². The third-order valence-electron chi connectivity index (χ3n) is 3.98. The Morgan fingerprint density at radius 1 is 1.24 bits per heavy atom. The molecule has 1 aromatic carbocycles. The zero-order chi connectivity index (χ0) is 18.0. The first-order valence-corrected chi connectivity index (χ1v) is 8.80. The van der Waals surface area contributed by atoms with Crippen LogP contribution < -0.4 is 5.32 Å². The highest BCUT2D eigenvalue weighted by atomic mass is 35.5. The maximum atomic E-state index is 12.0. The predicted molar refractivity (Wildman–Crippen MR) is 97.7 cm³/mol. The summed E-state index contributed by atoms with van der Waals surface area (Å²) in [6, 6.07) is 9.77. The number of nitrogens with zero attached hydrogens (tertiary/aromatic N) is 2. The summed E-state index contributed by atoms with van der Waals surface area (Å²) in [7, 11) is 0. The fraction of sp³-hybridized carbons (Fsp3) is 0.421. The van der Waals surface area contributed by atoms with Crippen LogP contribution in [-0.4, -0.2) is 27.7 Å². The quantitative estimate of drug-likeness (QED) is 0.817. The van der Waals surface area contributed by atoms with E-state index in [1.807, 2.05) is 51.1 Å². The van der Waals surface area contributed by atoms with E-state index in [0.29, 0.717) is 17.4 Å². The number of halogens is 1. The largest absolute Gasteiger partial charge is 0.444 e. The predicted octanol–water partition coefficient (Wildman–Crippen LogP) is 4.18. The molecule has 1 aliphatic rings. The molecule has 0 saturated heterocycles. The van der Waals surface area contributed by atoms with Gasteiger partial charge in [0.2, 0.25) is 0 Å². The molecule has 1 aliphatic carbocycles. The van der Waals surface area contributed by atoms with Gasteiger partial charge in [0, 0.05) is 22.9 Å². The average Bonchev–Trinajstić information content (AvgIpc) is 2.54. The SMILES string of the molecule is CC(C)(C)OC(=O)NC1CCc2nc(-c3ccccc3)nc(Cl)c2C1. The molecule has 1 amide bonds. The Morgan fingerprint density at radius 3 is 2.64 bits per heavy atom. The lowest BCUT2D eigenvalue weighted by Gasteiger charge is -2.27. The second kappa shape index (κ2) is 7.00. The van der Waals surface area contributed by atoms with Gasteiger partial charge in [-0.25, -0.2) is 14.8 Å². The molecule has 1 N–H and O–H groups in total. The third kappa shape index (κ3) is 4.48. The summed E-state index contributed by atoms with van der Waals surface area (Å²) in [5.74, 6) is 0.642. The molecule has 0 spiro atoms. The van der Waals surface area contributed by atoms with Crippen LogP contribution in [-0.2, 0) is 17.6 Å². The average molecular weight is 360 g/mol. The fourth-order valence-electron chi connectivity index (χ4n) is 2.88. The molecular weight excluding hydrogens is 338 g/mol. The van der Waals surface area contributed by atoms with Gasteiger partial charge in [-0.3, -0.25) is 0 Å². The summed E-state index contributed by atoms with van der Waals surface area (Å²) < 4.78 is 5.32. The molecule has 0 fully saturated rings. The molecule has 132 valence electrons. The van der Waals surface area contributed by atoms with E-state index in [9.17, 15) is 4.79 Å². The lowest BCUT2D eigenvalue weighted by Crippen LogP contribution is -2.42. The van der Waals surface area contributed by atoms with Crippen LogP contribution in [0.15, 0.2) is 30.3 Å². The van der Waals surface area contributed by atoms with E-state index in [1.54, 1.807) is 0 Å². The zero-order valence-corrected chi connectivity index (χ0v) is 15.4. The highest BCUT2D eigenvalue weighted by Crippen LogP contribution is 2.28. The van der Waals surface area contributed by atoms with Crippen LogP contribution >= 0.6 is 11.6 Å². The summed E-state index contributed by atoms with van der Waals surface area (Å²) >= 11 is 6.41. The second-order valence-corrected chi connectivity index (χ2v) is 7.57. The number of carbonyl (C=O) groups excluding carboxylic acids is 1. The smallest absolute Gasteiger partial charge is 0.407 e. The summed E-state index contributed by atoms with van der Waals surface area (Å²) in [6.45, 7) is 5.54. The molecule has 2 aromatic rings. The Balaban J connectivity index is 1.75. The Labute approximate surface area is 152 Å². The van der Waals surface area contributed by atoms with Crippen molar-refractivity contribution < 1.29 is 9.53 Å². The lowest BCUT2D eigenvalue weighted by atomic mass is 9.92. The van der Waals surface area contributed by atoms with Crippen molar-refractivity contribution in [3.05, 3.63) is 46.7 Å². The molecule has 0 radical (unpaired) electrons. The van der Waals surface area contributed by atoms with E-state index in [0.717, 1.165) is 29.7 Å². The van der Waals surface area contributed by atoms with Crippen molar-refractivity contribution in [3.8, 4) is 11.4 Å². The Hall–Kier alpha value is -2.14. The Morgan fingerprint density at radius 2 is 1.96 bits per heavy atom. The van der Waals surface area contributed by atoms with Crippen LogP contribution in [0, 0.1) is 0 Å². The van der Waals surface area contributed by atoms with Gasteiger partial charge in [0.15, 0.2) is 5.82 Å². The van der Waals surface area contributed by atoms with Gasteiger partial charge in [-0.05, 0) is 40.0 Å². The minimum atomic E-state index is -0.512. The van der Waals surface area contributed by atoms with Gasteiger partial charge >= 0.3 is 6.09 Å². The molecule has 1 unspecified atom stereocenters. The number of nitrogens with one attached hydrogen (secondary N) is 1. The Bertz CT molecular complexity index is 772. The number of carbonyl (C=O) groups is 1. The van der Waals surface area contributed by atoms with E-state index in [4.69, 9.17) is 16.3 Å². The minimum absolute atomic E-state index is 0.0222. The van der Waals surface area contributed by atoms with Gasteiger partial charge in [-0.15, -0.1) is 0 Å². The number of alkyl carbamates (subject to hydrolysis) is 1. The van der Waals surface area contributed by atoms with E-state index in [2.05, 4.69) is 15.3 Å². The number of benzene rings is 1. The summed E-state index contributed by atoms with van der Waals surface area (Å²) in [4.78, 5) is 21.1. The summed E-state index contributed by atoms with van der Waals surface area (Å²) in [5.41, 5.74) is 2.30. The number of hydrogen-bond donors (Lipinski definition) is 1. The Kier molecular flexibility index (Phi) is 4.95. The standard InChI is InChI=1S/C19H22ClN3O2/c1-19(2,3)25-18(24)21-13-9-10-15-14(11-13)16(20)23-17(22-15)12-7-5-4-6-8-12/h4-8,13H,9-11H2,1-3H3,(H,21,24). The summed E-state index contributed by atoms with van der Waals surface area (Å²) in [5, 5.41) is 3.37. The molecule has 1 aromatic heterocycles. The van der Waals surface area contributed by atoms with Crippen molar-refractivity contribution in [1.82, 2.24) is 15.3 Å². The number of ether oxygens (including phenoxy) is 1. The zero-order valence-electron chi connectivity index (χ0n) is 14.7. The number of aromatic nitrogens is 2. The molecule has 0 saturated carbocycles. The molecule has 1 atom stereocenters. The van der Waals surface area contributed by atoms with Crippen LogP contribution in [0.4, 0.5) is 4.79 Å². The maximum Gasteiger partial charge on any atom is 0.407 e. The number of amides is 1. The van der Waals surface area contributed by atoms with Crippen molar-refractivity contribution in [2.24, 2.45) is 0 Å². The molecule has 0 bridgehead atoms. The molecule has 0 aliphatic heterocycles. The first kappa shape index (κ1) is 17.7. The molecule has 1 heterocycles. The van der Waals surface area contributed by atoms with Gasteiger partial charge in [0.05, 0.1) is 0 Å². The number of hydrogen-bond acceptors (Lipinski definition) is 4. The molecule has 5 nitrogen and oxygen atoms in total. The number of rotatable bonds is 2. The normalized spacial score (nSPS) is 16.9. The maximum absolute atomic E-state index is 12.0. The van der Waals surface area contributed by atoms with E-state index >= 15 is 0 Å². The van der Waals surface area contributed by atoms with Crippen molar-refractivity contribution in [3.63, 3.8) is 0 Å². The highest BCUT2D eigenvalue weighted by Gasteiger charge is 2.26. The first-order valence-electron chi connectivity index (χ1n) is 8.42. The van der Waals surface area contributed by atoms with Gasteiger partial charge in [-0.1, -0.05) is 41.9 Å².